The van der Waals surface area contributed by atoms with Crippen molar-refractivity contribution in [3.8, 4) is 11.5 Å². The minimum Gasteiger partial charge on any atom is -0.497 e. The summed E-state index contributed by atoms with van der Waals surface area (Å²) >= 11 is 0. The van der Waals surface area contributed by atoms with Gasteiger partial charge in [-0.3, -0.25) is 4.99 Å². The number of guanidine groups is 1. The number of nitrogens with zero attached hydrogens (tertiary/aromatic N) is 2. The van der Waals surface area contributed by atoms with E-state index < -0.39 is 0 Å². The summed E-state index contributed by atoms with van der Waals surface area (Å²) in [5.74, 6) is 2.50. The fourth-order valence-electron chi connectivity index (χ4n) is 3.18. The topological polar surface area (TPSA) is 67.4 Å². The standard InChI is InChI=1S/C21H36N4O3.HI/c1-6-22-21(23-9-7-11-28-16(2)3)24-17-8-10-25(15-17)18-12-19(26-4)14-20(13-18)27-5;/h12-14,16-17H,6-11,15H2,1-5H3,(H2,22,23,24);1H. The van der Waals surface area contributed by atoms with Crippen LogP contribution in [0.3, 0.4) is 0 Å². The Hall–Kier alpha value is -1.42. The molecule has 1 aromatic carbocycles. The average molecular weight is 520 g/mol. The van der Waals surface area contributed by atoms with Crippen molar-refractivity contribution < 1.29 is 14.2 Å². The van der Waals surface area contributed by atoms with E-state index in [-0.39, 0.29) is 30.1 Å². The van der Waals surface area contributed by atoms with Gasteiger partial charge in [-0.05, 0) is 33.6 Å². The van der Waals surface area contributed by atoms with Gasteiger partial charge in [0.25, 0.3) is 0 Å². The smallest absolute Gasteiger partial charge is 0.191 e. The fraction of sp³-hybridized carbons (Fsp3) is 0.667. The number of hydrogen-bond donors (Lipinski definition) is 2. The van der Waals surface area contributed by atoms with Gasteiger partial charge in [0.1, 0.15) is 11.5 Å². The van der Waals surface area contributed by atoms with E-state index in [0.717, 1.165) is 68.8 Å². The molecule has 166 valence electrons. The van der Waals surface area contributed by atoms with Crippen molar-refractivity contribution in [1.29, 1.82) is 0 Å². The SMILES string of the molecule is CCNC(=NCCCOC(C)C)NC1CCN(c2cc(OC)cc(OC)c2)C1.I. The molecule has 0 aliphatic carbocycles. The maximum Gasteiger partial charge on any atom is 0.191 e. The van der Waals surface area contributed by atoms with Crippen LogP contribution in [0.15, 0.2) is 23.2 Å². The van der Waals surface area contributed by atoms with Crippen LogP contribution in [0.5, 0.6) is 11.5 Å². The summed E-state index contributed by atoms with van der Waals surface area (Å²) in [6, 6.07) is 6.36. The Morgan fingerprint density at radius 3 is 2.48 bits per heavy atom. The highest BCUT2D eigenvalue weighted by atomic mass is 127. The molecule has 0 aromatic heterocycles. The first kappa shape index (κ1) is 25.6. The average Bonchev–Trinajstić information content (AvgIpc) is 3.15. The normalized spacial score (nSPS) is 16.6. The molecule has 1 heterocycles. The molecule has 2 N–H and O–H groups in total. The molecule has 1 unspecified atom stereocenters. The number of rotatable bonds is 10. The molecule has 1 fully saturated rings. The van der Waals surface area contributed by atoms with Crippen LogP contribution in [-0.4, -0.2) is 65.1 Å². The third-order valence-electron chi connectivity index (χ3n) is 4.60. The van der Waals surface area contributed by atoms with Crippen LogP contribution in [0.25, 0.3) is 0 Å². The first-order chi connectivity index (χ1) is 13.5. The molecule has 0 saturated carbocycles. The molecule has 0 amide bonds. The Labute approximate surface area is 192 Å². The zero-order valence-electron chi connectivity index (χ0n) is 18.4. The second-order valence-corrected chi connectivity index (χ2v) is 7.18. The second-order valence-electron chi connectivity index (χ2n) is 7.18. The van der Waals surface area contributed by atoms with Gasteiger partial charge in [0.15, 0.2) is 5.96 Å². The Morgan fingerprint density at radius 2 is 1.90 bits per heavy atom. The zero-order valence-corrected chi connectivity index (χ0v) is 20.7. The van der Waals surface area contributed by atoms with E-state index in [1.165, 1.54) is 0 Å². The molecule has 29 heavy (non-hydrogen) atoms. The predicted octanol–water partition coefficient (Wildman–Crippen LogP) is 3.27. The number of anilines is 1. The summed E-state index contributed by atoms with van der Waals surface area (Å²) in [5, 5.41) is 6.91. The van der Waals surface area contributed by atoms with Crippen LogP contribution < -0.4 is 25.0 Å². The van der Waals surface area contributed by atoms with Gasteiger partial charge in [0.05, 0.1) is 20.3 Å². The zero-order chi connectivity index (χ0) is 20.4. The van der Waals surface area contributed by atoms with E-state index in [1.807, 2.05) is 6.07 Å². The molecule has 0 bridgehead atoms. The number of aliphatic imine (C=N–C) groups is 1. The van der Waals surface area contributed by atoms with Gasteiger partial charge >= 0.3 is 0 Å². The van der Waals surface area contributed by atoms with Crippen molar-refractivity contribution in [2.24, 2.45) is 4.99 Å². The quantitative estimate of drug-likeness (QED) is 0.214. The third-order valence-corrected chi connectivity index (χ3v) is 4.60. The van der Waals surface area contributed by atoms with Gasteiger partial charge in [-0.1, -0.05) is 0 Å². The Bertz CT molecular complexity index is 606. The summed E-state index contributed by atoms with van der Waals surface area (Å²) < 4.78 is 16.4. The largest absolute Gasteiger partial charge is 0.497 e. The highest BCUT2D eigenvalue weighted by Gasteiger charge is 2.24. The maximum absolute atomic E-state index is 5.58. The van der Waals surface area contributed by atoms with E-state index >= 15 is 0 Å². The molecule has 1 saturated heterocycles. The molecule has 1 aromatic rings. The number of halogens is 1. The van der Waals surface area contributed by atoms with Gasteiger partial charge in [-0.25, -0.2) is 0 Å². The van der Waals surface area contributed by atoms with Crippen LogP contribution in [0.4, 0.5) is 5.69 Å². The lowest BCUT2D eigenvalue weighted by Gasteiger charge is -2.21. The van der Waals surface area contributed by atoms with Gasteiger partial charge < -0.3 is 29.7 Å². The minimum atomic E-state index is 0. The van der Waals surface area contributed by atoms with Crippen molar-refractivity contribution in [3.63, 3.8) is 0 Å². The van der Waals surface area contributed by atoms with Crippen molar-refractivity contribution in [2.75, 3.05) is 51.9 Å². The number of ether oxygens (including phenoxy) is 3. The molecule has 1 aliphatic heterocycles. The van der Waals surface area contributed by atoms with E-state index in [9.17, 15) is 0 Å². The van der Waals surface area contributed by atoms with Crippen LogP contribution in [-0.2, 0) is 4.74 Å². The number of hydrogen-bond acceptors (Lipinski definition) is 5. The maximum atomic E-state index is 5.58. The molecule has 8 heteroatoms. The van der Waals surface area contributed by atoms with E-state index in [0.29, 0.717) is 6.04 Å². The summed E-state index contributed by atoms with van der Waals surface area (Å²) in [7, 11) is 3.36. The summed E-state index contributed by atoms with van der Waals surface area (Å²) in [6.45, 7) is 10.4. The predicted molar refractivity (Wildman–Crippen MR) is 130 cm³/mol. The molecule has 7 nitrogen and oxygen atoms in total. The lowest BCUT2D eigenvalue weighted by atomic mass is 10.2. The summed E-state index contributed by atoms with van der Waals surface area (Å²) in [6.07, 6.45) is 2.25. The van der Waals surface area contributed by atoms with E-state index in [2.05, 4.69) is 53.4 Å². The first-order valence-electron chi connectivity index (χ1n) is 10.2. The molecule has 1 aliphatic rings. The molecule has 2 rings (SSSR count). The van der Waals surface area contributed by atoms with Crippen LogP contribution in [0.2, 0.25) is 0 Å². The van der Waals surface area contributed by atoms with Gasteiger partial charge in [0.2, 0.25) is 0 Å². The molecular weight excluding hydrogens is 483 g/mol. The first-order valence-corrected chi connectivity index (χ1v) is 10.2. The van der Waals surface area contributed by atoms with Crippen molar-refractivity contribution >= 4 is 35.6 Å². The van der Waals surface area contributed by atoms with Crippen molar-refractivity contribution in [2.45, 2.75) is 45.8 Å². The number of benzene rings is 1. The number of methoxy groups -OCH3 is 2. The lowest BCUT2D eigenvalue weighted by molar-refractivity contribution is 0.0782. The Kier molecular flexibility index (Phi) is 12.1. The lowest BCUT2D eigenvalue weighted by Crippen LogP contribution is -2.44. The summed E-state index contributed by atoms with van der Waals surface area (Å²) in [5.41, 5.74) is 1.12. The highest BCUT2D eigenvalue weighted by Crippen LogP contribution is 2.30. The van der Waals surface area contributed by atoms with Crippen molar-refractivity contribution in [3.05, 3.63) is 18.2 Å². The molecule has 0 spiro atoms. The van der Waals surface area contributed by atoms with E-state index in [1.54, 1.807) is 14.2 Å². The Morgan fingerprint density at radius 1 is 1.21 bits per heavy atom. The highest BCUT2D eigenvalue weighted by molar-refractivity contribution is 14.0. The van der Waals surface area contributed by atoms with Crippen molar-refractivity contribution in [1.82, 2.24) is 10.6 Å². The summed E-state index contributed by atoms with van der Waals surface area (Å²) in [4.78, 5) is 7.03. The van der Waals surface area contributed by atoms with Gasteiger partial charge in [-0.2, -0.15) is 0 Å². The van der Waals surface area contributed by atoms with Gasteiger partial charge in [0, 0.05) is 62.7 Å². The monoisotopic (exact) mass is 520 g/mol. The minimum absolute atomic E-state index is 0. The number of nitrogens with one attached hydrogen (secondary N) is 2. The fourth-order valence-corrected chi connectivity index (χ4v) is 3.18. The molecule has 0 radical (unpaired) electrons. The van der Waals surface area contributed by atoms with E-state index in [4.69, 9.17) is 14.2 Å². The second kappa shape index (κ2) is 13.7. The van der Waals surface area contributed by atoms with Crippen LogP contribution in [0, 0.1) is 0 Å². The third kappa shape index (κ3) is 8.86. The van der Waals surface area contributed by atoms with Crippen LogP contribution >= 0.6 is 24.0 Å². The Balaban J connectivity index is 0.00000420. The van der Waals surface area contributed by atoms with Gasteiger partial charge in [-0.15, -0.1) is 24.0 Å². The van der Waals surface area contributed by atoms with Crippen LogP contribution in [0.1, 0.15) is 33.6 Å². The molecular formula is C21H37IN4O3. The molecule has 1 atom stereocenters.